The van der Waals surface area contributed by atoms with Crippen LogP contribution in [-0.4, -0.2) is 50.1 Å². The lowest BCUT2D eigenvalue weighted by atomic mass is 10.1. The van der Waals surface area contributed by atoms with Crippen LogP contribution in [-0.2, 0) is 14.6 Å². The molecule has 0 saturated heterocycles. The molecular weight excluding hydrogens is 272 g/mol. The molecule has 0 spiro atoms. The fraction of sp³-hybridized carbons (Fsp3) is 0.818. The van der Waals surface area contributed by atoms with Crippen molar-refractivity contribution in [2.24, 2.45) is 5.92 Å². The number of nitrogens with one attached hydrogen (secondary N) is 2. The van der Waals surface area contributed by atoms with Crippen molar-refractivity contribution < 1.29 is 23.1 Å². The Hall–Kier alpha value is -1.31. The van der Waals surface area contributed by atoms with Gasteiger partial charge in [0.2, 0.25) is 0 Å². The molecule has 0 fully saturated rings. The summed E-state index contributed by atoms with van der Waals surface area (Å²) in [6.07, 6.45) is 0.555. The van der Waals surface area contributed by atoms with Crippen LogP contribution in [0.2, 0.25) is 0 Å². The first-order valence-corrected chi connectivity index (χ1v) is 8.03. The molecule has 1 atom stereocenters. The van der Waals surface area contributed by atoms with E-state index in [1.54, 1.807) is 6.92 Å². The Morgan fingerprint density at radius 3 is 2.42 bits per heavy atom. The first-order chi connectivity index (χ1) is 8.76. The van der Waals surface area contributed by atoms with Crippen molar-refractivity contribution in [2.75, 3.05) is 24.6 Å². The summed E-state index contributed by atoms with van der Waals surface area (Å²) in [5.74, 6) is -0.823. The van der Waals surface area contributed by atoms with Crippen LogP contribution in [0.15, 0.2) is 0 Å². The zero-order valence-electron chi connectivity index (χ0n) is 11.3. The highest BCUT2D eigenvalue weighted by Crippen LogP contribution is 2.03. The number of amides is 2. The van der Waals surface area contributed by atoms with Gasteiger partial charge >= 0.3 is 12.0 Å². The van der Waals surface area contributed by atoms with E-state index in [0.717, 1.165) is 0 Å². The second-order valence-corrected chi connectivity index (χ2v) is 6.88. The molecule has 1 unspecified atom stereocenters. The van der Waals surface area contributed by atoms with Crippen LogP contribution >= 0.6 is 0 Å². The number of urea groups is 1. The van der Waals surface area contributed by atoms with E-state index in [2.05, 4.69) is 10.6 Å². The van der Waals surface area contributed by atoms with Gasteiger partial charge in [0.05, 0.1) is 5.75 Å². The second kappa shape index (κ2) is 8.73. The van der Waals surface area contributed by atoms with Gasteiger partial charge in [0.1, 0.15) is 0 Å². The Labute approximate surface area is 113 Å². The fourth-order valence-electron chi connectivity index (χ4n) is 1.27. The quantitative estimate of drug-likeness (QED) is 0.563. The summed E-state index contributed by atoms with van der Waals surface area (Å²) in [6.45, 7) is 3.83. The van der Waals surface area contributed by atoms with E-state index in [1.165, 1.54) is 0 Å². The fourth-order valence-corrected chi connectivity index (χ4v) is 1.97. The highest BCUT2D eigenvalue weighted by Gasteiger charge is 2.09. The monoisotopic (exact) mass is 294 g/mol. The highest BCUT2D eigenvalue weighted by atomic mass is 32.2. The number of sulfone groups is 1. The van der Waals surface area contributed by atoms with Gasteiger partial charge in [0.25, 0.3) is 0 Å². The standard InChI is InChI=1S/C11H22N2O5S/c1-3-19(17,18)7-6-12-11(16)13-8-9(2)4-5-10(14)15/h9H,3-8H2,1-2H3,(H,14,15)(H2,12,13,16). The number of carboxylic acid groups (broad SMARTS) is 1. The summed E-state index contributed by atoms with van der Waals surface area (Å²) in [7, 11) is -3.07. The third-order valence-electron chi connectivity index (χ3n) is 2.60. The summed E-state index contributed by atoms with van der Waals surface area (Å²) in [5, 5.41) is 13.5. The van der Waals surface area contributed by atoms with E-state index >= 15 is 0 Å². The van der Waals surface area contributed by atoms with Gasteiger partial charge in [0, 0.05) is 25.3 Å². The van der Waals surface area contributed by atoms with E-state index in [9.17, 15) is 18.0 Å². The van der Waals surface area contributed by atoms with Gasteiger partial charge in [-0.15, -0.1) is 0 Å². The number of rotatable bonds is 9. The summed E-state index contributed by atoms with van der Waals surface area (Å²) in [5.41, 5.74) is 0. The van der Waals surface area contributed by atoms with E-state index < -0.39 is 21.8 Å². The predicted molar refractivity (Wildman–Crippen MR) is 71.8 cm³/mol. The van der Waals surface area contributed by atoms with Crippen molar-refractivity contribution in [3.8, 4) is 0 Å². The van der Waals surface area contributed by atoms with Crippen molar-refractivity contribution in [1.82, 2.24) is 10.6 Å². The molecule has 3 N–H and O–H groups in total. The van der Waals surface area contributed by atoms with Crippen molar-refractivity contribution in [3.63, 3.8) is 0 Å². The van der Waals surface area contributed by atoms with E-state index in [4.69, 9.17) is 5.11 Å². The second-order valence-electron chi connectivity index (χ2n) is 4.41. The largest absolute Gasteiger partial charge is 0.481 e. The zero-order chi connectivity index (χ0) is 14.9. The van der Waals surface area contributed by atoms with Gasteiger partial charge in [0.15, 0.2) is 9.84 Å². The van der Waals surface area contributed by atoms with Crippen LogP contribution in [0.4, 0.5) is 4.79 Å². The molecule has 0 radical (unpaired) electrons. The summed E-state index contributed by atoms with van der Waals surface area (Å²) in [6, 6.07) is -0.437. The maximum atomic E-state index is 11.3. The average Bonchev–Trinajstić information content (AvgIpc) is 2.33. The predicted octanol–water partition coefficient (Wildman–Crippen LogP) is 0.221. The Bertz CT molecular complexity index is 394. The SMILES string of the molecule is CCS(=O)(=O)CCNC(=O)NCC(C)CCC(=O)O. The topological polar surface area (TPSA) is 113 Å². The maximum absolute atomic E-state index is 11.3. The zero-order valence-corrected chi connectivity index (χ0v) is 12.1. The molecule has 0 aliphatic rings. The molecule has 0 aliphatic heterocycles. The summed E-state index contributed by atoms with van der Waals surface area (Å²) < 4.78 is 22.3. The van der Waals surface area contributed by atoms with Crippen LogP contribution in [0.1, 0.15) is 26.7 Å². The first-order valence-electron chi connectivity index (χ1n) is 6.20. The number of carbonyl (C=O) groups excluding carboxylic acids is 1. The van der Waals surface area contributed by atoms with Gasteiger partial charge in [-0.25, -0.2) is 13.2 Å². The van der Waals surface area contributed by atoms with E-state index in [0.29, 0.717) is 13.0 Å². The molecule has 0 aromatic heterocycles. The smallest absolute Gasteiger partial charge is 0.314 e. The third-order valence-corrected chi connectivity index (χ3v) is 4.31. The van der Waals surface area contributed by atoms with E-state index in [-0.39, 0.29) is 30.4 Å². The lowest BCUT2D eigenvalue weighted by Crippen LogP contribution is -2.40. The Kier molecular flexibility index (Phi) is 8.13. The lowest BCUT2D eigenvalue weighted by molar-refractivity contribution is -0.137. The number of hydrogen-bond acceptors (Lipinski definition) is 4. The molecule has 0 aromatic carbocycles. The molecule has 0 heterocycles. The number of carbonyl (C=O) groups is 2. The van der Waals surface area contributed by atoms with E-state index in [1.807, 2.05) is 6.92 Å². The van der Waals surface area contributed by atoms with Crippen LogP contribution in [0.25, 0.3) is 0 Å². The van der Waals surface area contributed by atoms with Gasteiger partial charge in [-0.1, -0.05) is 13.8 Å². The summed E-state index contributed by atoms with van der Waals surface area (Å²) >= 11 is 0. The van der Waals surface area contributed by atoms with Gasteiger partial charge in [-0.3, -0.25) is 4.79 Å². The molecule has 112 valence electrons. The molecule has 0 saturated carbocycles. The lowest BCUT2D eigenvalue weighted by Gasteiger charge is -2.12. The molecule has 2 amide bonds. The van der Waals surface area contributed by atoms with Crippen LogP contribution in [0.3, 0.4) is 0 Å². The number of hydrogen-bond donors (Lipinski definition) is 3. The average molecular weight is 294 g/mol. The normalized spacial score (nSPS) is 12.7. The Morgan fingerprint density at radius 1 is 1.26 bits per heavy atom. The molecule has 0 rings (SSSR count). The molecule has 7 nitrogen and oxygen atoms in total. The first kappa shape index (κ1) is 17.7. The van der Waals surface area contributed by atoms with Gasteiger partial charge in [-0.2, -0.15) is 0 Å². The minimum absolute atomic E-state index is 0.0567. The maximum Gasteiger partial charge on any atom is 0.314 e. The number of aliphatic carboxylic acids is 1. The number of carboxylic acids is 1. The minimum atomic E-state index is -3.07. The van der Waals surface area contributed by atoms with Crippen LogP contribution in [0, 0.1) is 5.92 Å². The van der Waals surface area contributed by atoms with Gasteiger partial charge in [-0.05, 0) is 12.3 Å². The molecule has 8 heteroatoms. The van der Waals surface area contributed by atoms with Crippen LogP contribution in [0.5, 0.6) is 0 Å². The van der Waals surface area contributed by atoms with Crippen LogP contribution < -0.4 is 10.6 Å². The van der Waals surface area contributed by atoms with Crippen molar-refractivity contribution in [2.45, 2.75) is 26.7 Å². The Morgan fingerprint density at radius 2 is 1.89 bits per heavy atom. The molecule has 0 aliphatic carbocycles. The summed E-state index contributed by atoms with van der Waals surface area (Å²) in [4.78, 5) is 21.7. The Balaban J connectivity index is 3.73. The van der Waals surface area contributed by atoms with Crippen molar-refractivity contribution in [3.05, 3.63) is 0 Å². The minimum Gasteiger partial charge on any atom is -0.481 e. The van der Waals surface area contributed by atoms with Crippen molar-refractivity contribution in [1.29, 1.82) is 0 Å². The molecule has 0 aromatic rings. The molecule has 19 heavy (non-hydrogen) atoms. The van der Waals surface area contributed by atoms with Crippen molar-refractivity contribution >= 4 is 21.8 Å². The van der Waals surface area contributed by atoms with Gasteiger partial charge < -0.3 is 15.7 Å². The third kappa shape index (κ3) is 10.3. The molecular formula is C11H22N2O5S. The highest BCUT2D eigenvalue weighted by molar-refractivity contribution is 7.91. The molecule has 0 bridgehead atoms.